The lowest BCUT2D eigenvalue weighted by Crippen LogP contribution is -2.63. The van der Waals surface area contributed by atoms with Gasteiger partial charge in [0, 0.05) is 16.4 Å². The van der Waals surface area contributed by atoms with Crippen LogP contribution in [0.15, 0.2) is 18.2 Å². The van der Waals surface area contributed by atoms with Crippen LogP contribution in [-0.4, -0.2) is 16.4 Å². The molecule has 1 aromatic heterocycles. The van der Waals surface area contributed by atoms with Gasteiger partial charge in [-0.05, 0) is 92.9 Å². The van der Waals surface area contributed by atoms with E-state index in [0.29, 0.717) is 5.41 Å². The second-order valence-electron chi connectivity index (χ2n) is 9.78. The summed E-state index contributed by atoms with van der Waals surface area (Å²) in [6.07, 6.45) is 9.01. The molecule has 6 rings (SSSR count). The van der Waals surface area contributed by atoms with Gasteiger partial charge in [0.2, 0.25) is 0 Å². The minimum absolute atomic E-state index is 0.0411. The number of nitrogens with one attached hydrogen (secondary N) is 2. The molecule has 3 nitrogen and oxygen atoms in total. The highest BCUT2D eigenvalue weighted by Crippen LogP contribution is 2.62. The quantitative estimate of drug-likeness (QED) is 0.779. The molecule has 1 aromatic carbocycles. The lowest BCUT2D eigenvalue weighted by atomic mass is 9.46. The Bertz CT molecular complexity index is 879. The van der Waals surface area contributed by atoms with Crippen molar-refractivity contribution in [1.82, 2.24) is 10.3 Å². The normalized spacial score (nSPS) is 35.2. The van der Waals surface area contributed by atoms with Crippen LogP contribution in [-0.2, 0) is 0 Å². The van der Waals surface area contributed by atoms with Crippen molar-refractivity contribution in [2.24, 2.45) is 17.3 Å². The van der Waals surface area contributed by atoms with Crippen LogP contribution in [0.2, 0.25) is 0 Å². The average molecular weight is 351 g/mol. The van der Waals surface area contributed by atoms with Gasteiger partial charge in [0.25, 0.3) is 5.91 Å². The van der Waals surface area contributed by atoms with Crippen LogP contribution in [0.4, 0.5) is 0 Å². The molecule has 2 aromatic rings. The largest absolute Gasteiger partial charge is 0.351 e. The first-order chi connectivity index (χ1) is 12.4. The van der Waals surface area contributed by atoms with Crippen LogP contribution in [0, 0.1) is 31.1 Å². The Morgan fingerprint density at radius 3 is 2.58 bits per heavy atom. The Balaban J connectivity index is 1.44. The Labute approximate surface area is 155 Å². The summed E-state index contributed by atoms with van der Waals surface area (Å²) in [6.45, 7) is 6.58. The van der Waals surface area contributed by atoms with E-state index in [2.05, 4.69) is 43.2 Å². The van der Waals surface area contributed by atoms with E-state index in [1.807, 2.05) is 6.07 Å². The minimum Gasteiger partial charge on any atom is -0.351 e. The van der Waals surface area contributed by atoms with Gasteiger partial charge in [-0.25, -0.2) is 0 Å². The number of H-pyrrole nitrogens is 1. The number of amides is 1. The zero-order valence-electron chi connectivity index (χ0n) is 16.2. The second kappa shape index (κ2) is 5.37. The van der Waals surface area contributed by atoms with E-state index in [0.717, 1.165) is 28.4 Å². The monoisotopic (exact) mass is 350 g/mol. The van der Waals surface area contributed by atoms with Crippen molar-refractivity contribution in [3.05, 3.63) is 35.0 Å². The van der Waals surface area contributed by atoms with Crippen molar-refractivity contribution in [2.75, 3.05) is 0 Å². The summed E-state index contributed by atoms with van der Waals surface area (Å²) in [5.74, 6) is 1.74. The van der Waals surface area contributed by atoms with E-state index in [1.54, 1.807) is 0 Å². The van der Waals surface area contributed by atoms with Gasteiger partial charge in [-0.15, -0.1) is 0 Å². The van der Waals surface area contributed by atoms with Crippen molar-refractivity contribution in [2.45, 2.75) is 71.3 Å². The molecule has 2 atom stereocenters. The van der Waals surface area contributed by atoms with E-state index in [-0.39, 0.29) is 11.4 Å². The van der Waals surface area contributed by atoms with Gasteiger partial charge in [0.1, 0.15) is 5.69 Å². The summed E-state index contributed by atoms with van der Waals surface area (Å²) in [5, 5.41) is 4.69. The third-order valence-electron chi connectivity index (χ3n) is 7.64. The highest BCUT2D eigenvalue weighted by atomic mass is 16.2. The van der Waals surface area contributed by atoms with Crippen molar-refractivity contribution in [1.29, 1.82) is 0 Å². The van der Waals surface area contributed by atoms with Gasteiger partial charge in [0.15, 0.2) is 0 Å². The minimum atomic E-state index is 0.0411. The molecule has 0 spiro atoms. The highest BCUT2D eigenvalue weighted by Gasteiger charge is 2.57. The molecule has 4 aliphatic rings. The first-order valence-electron chi connectivity index (χ1n) is 10.3. The zero-order valence-corrected chi connectivity index (χ0v) is 16.2. The molecule has 4 aliphatic carbocycles. The van der Waals surface area contributed by atoms with Crippen LogP contribution in [0.25, 0.3) is 10.9 Å². The van der Waals surface area contributed by atoms with Crippen molar-refractivity contribution >= 4 is 16.8 Å². The third-order valence-corrected chi connectivity index (χ3v) is 7.64. The molecule has 4 fully saturated rings. The molecule has 4 bridgehead atoms. The molecule has 2 N–H and O–H groups in total. The maximum atomic E-state index is 13.1. The predicted molar refractivity (Wildman–Crippen MR) is 105 cm³/mol. The number of hydrogen-bond acceptors (Lipinski definition) is 1. The lowest BCUT2D eigenvalue weighted by Gasteiger charge is -2.62. The van der Waals surface area contributed by atoms with Crippen LogP contribution >= 0.6 is 0 Å². The molecule has 4 saturated carbocycles. The van der Waals surface area contributed by atoms with Gasteiger partial charge in [0.05, 0.1) is 0 Å². The SMILES string of the molecule is CCC12CC3CC(C1)CC(NC(=O)c1cc4c(C)cc(C)cc4[nH]1)(C3)C2. The number of hydrogen-bond donors (Lipinski definition) is 2. The van der Waals surface area contributed by atoms with E-state index in [1.165, 1.54) is 56.1 Å². The number of carbonyl (C=O) groups excluding carboxylic acids is 1. The van der Waals surface area contributed by atoms with E-state index in [9.17, 15) is 4.79 Å². The molecule has 3 heteroatoms. The summed E-state index contributed by atoms with van der Waals surface area (Å²) >= 11 is 0. The standard InChI is InChI=1S/C23H30N2O/c1-4-22-9-16-7-17(10-22)12-23(11-16,13-22)25-21(26)20-8-18-15(3)5-14(2)6-19(18)24-20/h5-6,8,16-17,24H,4,7,9-13H2,1-3H3,(H,25,26). The number of benzene rings is 1. The van der Waals surface area contributed by atoms with Gasteiger partial charge in [-0.3, -0.25) is 4.79 Å². The van der Waals surface area contributed by atoms with Crippen LogP contribution in [0.3, 0.4) is 0 Å². The van der Waals surface area contributed by atoms with E-state index >= 15 is 0 Å². The Morgan fingerprint density at radius 1 is 1.15 bits per heavy atom. The van der Waals surface area contributed by atoms with Crippen molar-refractivity contribution in [3.8, 4) is 0 Å². The Hall–Kier alpha value is -1.77. The first-order valence-corrected chi connectivity index (χ1v) is 10.3. The molecule has 2 unspecified atom stereocenters. The highest BCUT2D eigenvalue weighted by molar-refractivity contribution is 5.99. The number of aromatic nitrogens is 1. The molecule has 0 aliphatic heterocycles. The first kappa shape index (κ1) is 16.4. The summed E-state index contributed by atoms with van der Waals surface area (Å²) in [5.41, 5.74) is 4.79. The second-order valence-corrected chi connectivity index (χ2v) is 9.78. The van der Waals surface area contributed by atoms with Gasteiger partial charge in [-0.1, -0.05) is 19.4 Å². The third kappa shape index (κ3) is 2.43. The van der Waals surface area contributed by atoms with Gasteiger partial charge >= 0.3 is 0 Å². The van der Waals surface area contributed by atoms with Crippen LogP contribution < -0.4 is 5.32 Å². The fraction of sp³-hybridized carbons (Fsp3) is 0.609. The summed E-state index contributed by atoms with van der Waals surface area (Å²) < 4.78 is 0. The fourth-order valence-corrected chi connectivity index (χ4v) is 7.04. The number of carbonyl (C=O) groups is 1. The van der Waals surface area contributed by atoms with Crippen LogP contribution in [0.5, 0.6) is 0 Å². The van der Waals surface area contributed by atoms with Crippen LogP contribution in [0.1, 0.15) is 73.5 Å². The van der Waals surface area contributed by atoms with Gasteiger partial charge in [-0.2, -0.15) is 0 Å². The molecule has 0 saturated heterocycles. The van der Waals surface area contributed by atoms with E-state index in [4.69, 9.17) is 0 Å². The maximum Gasteiger partial charge on any atom is 0.268 e. The molecule has 138 valence electrons. The Kier molecular flexibility index (Phi) is 3.39. The maximum absolute atomic E-state index is 13.1. The lowest BCUT2D eigenvalue weighted by molar-refractivity contribution is -0.0795. The molecular weight excluding hydrogens is 320 g/mol. The van der Waals surface area contributed by atoms with Gasteiger partial charge < -0.3 is 10.3 Å². The van der Waals surface area contributed by atoms with Crippen molar-refractivity contribution < 1.29 is 4.79 Å². The molecule has 1 heterocycles. The zero-order chi connectivity index (χ0) is 18.1. The number of fused-ring (bicyclic) bond motifs is 1. The predicted octanol–water partition coefficient (Wildman–Crippen LogP) is 5.26. The summed E-state index contributed by atoms with van der Waals surface area (Å²) in [7, 11) is 0. The summed E-state index contributed by atoms with van der Waals surface area (Å²) in [4.78, 5) is 16.5. The van der Waals surface area contributed by atoms with E-state index < -0.39 is 0 Å². The fourth-order valence-electron chi connectivity index (χ4n) is 7.04. The smallest absolute Gasteiger partial charge is 0.268 e. The topological polar surface area (TPSA) is 44.9 Å². The number of aryl methyl sites for hydroxylation is 2. The molecular formula is C23H30N2O. The number of rotatable bonds is 3. The summed E-state index contributed by atoms with van der Waals surface area (Å²) in [6, 6.07) is 6.35. The van der Waals surface area contributed by atoms with Crippen molar-refractivity contribution in [3.63, 3.8) is 0 Å². The number of aromatic amines is 1. The molecule has 26 heavy (non-hydrogen) atoms. The molecule has 1 amide bonds. The Morgan fingerprint density at radius 2 is 1.88 bits per heavy atom. The molecule has 0 radical (unpaired) electrons. The average Bonchev–Trinajstić information content (AvgIpc) is 2.97.